The molecule has 3 rings (SSSR count). The van der Waals surface area contributed by atoms with Gasteiger partial charge in [-0.25, -0.2) is 4.98 Å². The molecule has 0 amide bonds. The van der Waals surface area contributed by atoms with Crippen LogP contribution in [0.3, 0.4) is 0 Å². The van der Waals surface area contributed by atoms with Crippen LogP contribution in [0.1, 0.15) is 20.8 Å². The molecule has 4 nitrogen and oxygen atoms in total. The fraction of sp³-hybridized carbons (Fsp3) is 0.462. The van der Waals surface area contributed by atoms with Gasteiger partial charge in [0.1, 0.15) is 5.65 Å². The average Bonchev–Trinajstić information content (AvgIpc) is 2.92. The minimum absolute atomic E-state index is 0.518. The highest BCUT2D eigenvalue weighted by molar-refractivity contribution is 5.98. The standard InChI is InChI=1S/C13H18N4/c1-8(2)9(3)17-7-16-11-6-15-13-10(12(11)17)4-5-14-13/h4-6,8-9,16H,7H2,1-3H3,(H,14,15)/t9-/m1/s1. The van der Waals surface area contributed by atoms with Gasteiger partial charge >= 0.3 is 0 Å². The van der Waals surface area contributed by atoms with Crippen LogP contribution in [0, 0.1) is 5.92 Å². The number of fused-ring (bicyclic) bond motifs is 3. The Morgan fingerprint density at radius 3 is 2.94 bits per heavy atom. The lowest BCUT2D eigenvalue weighted by Crippen LogP contribution is -2.36. The van der Waals surface area contributed by atoms with Crippen molar-refractivity contribution in [3.63, 3.8) is 0 Å². The highest BCUT2D eigenvalue weighted by Crippen LogP contribution is 2.38. The van der Waals surface area contributed by atoms with Crippen LogP contribution in [-0.4, -0.2) is 22.7 Å². The maximum Gasteiger partial charge on any atom is 0.139 e. The number of aromatic amines is 1. The first-order valence-electron chi connectivity index (χ1n) is 6.15. The minimum Gasteiger partial charge on any atom is -0.365 e. The molecule has 0 radical (unpaired) electrons. The van der Waals surface area contributed by atoms with E-state index in [0.717, 1.165) is 18.0 Å². The zero-order valence-corrected chi connectivity index (χ0v) is 10.5. The van der Waals surface area contributed by atoms with Crippen molar-refractivity contribution < 1.29 is 0 Å². The van der Waals surface area contributed by atoms with Gasteiger partial charge in [0.05, 0.1) is 24.2 Å². The number of nitrogens with one attached hydrogen (secondary N) is 2. The summed E-state index contributed by atoms with van der Waals surface area (Å²) in [7, 11) is 0. The number of hydrogen-bond acceptors (Lipinski definition) is 3. The van der Waals surface area contributed by atoms with E-state index >= 15 is 0 Å². The second kappa shape index (κ2) is 3.65. The van der Waals surface area contributed by atoms with Crippen LogP contribution in [0.2, 0.25) is 0 Å². The molecule has 0 aliphatic carbocycles. The number of nitrogens with zero attached hydrogens (tertiary/aromatic N) is 2. The molecule has 0 saturated carbocycles. The van der Waals surface area contributed by atoms with Gasteiger partial charge in [0.15, 0.2) is 0 Å². The average molecular weight is 230 g/mol. The Labute approximate surface area is 101 Å². The Balaban J connectivity index is 2.13. The third-order valence-corrected chi connectivity index (χ3v) is 3.74. The molecular weight excluding hydrogens is 212 g/mol. The van der Waals surface area contributed by atoms with E-state index in [1.165, 1.54) is 11.1 Å². The SMILES string of the molecule is CC(C)[C@@H](C)N1CNc2cnc3[nH]ccc3c21. The van der Waals surface area contributed by atoms with Crippen molar-refractivity contribution in [3.05, 3.63) is 18.5 Å². The van der Waals surface area contributed by atoms with E-state index in [1.54, 1.807) is 0 Å². The van der Waals surface area contributed by atoms with Gasteiger partial charge < -0.3 is 15.2 Å². The fourth-order valence-electron chi connectivity index (χ4n) is 2.39. The van der Waals surface area contributed by atoms with Crippen molar-refractivity contribution in [3.8, 4) is 0 Å². The van der Waals surface area contributed by atoms with Crippen LogP contribution in [0.4, 0.5) is 11.4 Å². The summed E-state index contributed by atoms with van der Waals surface area (Å²) in [4.78, 5) is 10.0. The highest BCUT2D eigenvalue weighted by Gasteiger charge is 2.27. The van der Waals surface area contributed by atoms with Crippen LogP contribution >= 0.6 is 0 Å². The first-order valence-corrected chi connectivity index (χ1v) is 6.15. The number of aromatic nitrogens is 2. The van der Waals surface area contributed by atoms with E-state index in [1.807, 2.05) is 12.4 Å². The van der Waals surface area contributed by atoms with E-state index in [0.29, 0.717) is 12.0 Å². The smallest absolute Gasteiger partial charge is 0.139 e. The molecule has 17 heavy (non-hydrogen) atoms. The lowest BCUT2D eigenvalue weighted by atomic mass is 10.0. The van der Waals surface area contributed by atoms with Crippen LogP contribution in [0.15, 0.2) is 18.5 Å². The van der Waals surface area contributed by atoms with Crippen molar-refractivity contribution in [2.45, 2.75) is 26.8 Å². The van der Waals surface area contributed by atoms with Crippen LogP contribution in [0.5, 0.6) is 0 Å². The van der Waals surface area contributed by atoms with Crippen molar-refractivity contribution in [2.24, 2.45) is 5.92 Å². The lowest BCUT2D eigenvalue weighted by Gasteiger charge is -2.29. The molecule has 3 heterocycles. The van der Waals surface area contributed by atoms with Gasteiger partial charge in [0.25, 0.3) is 0 Å². The van der Waals surface area contributed by atoms with E-state index in [9.17, 15) is 0 Å². The monoisotopic (exact) mass is 230 g/mol. The second-order valence-electron chi connectivity index (χ2n) is 5.05. The Kier molecular flexibility index (Phi) is 2.24. The Bertz CT molecular complexity index is 543. The molecule has 0 bridgehead atoms. The molecule has 0 saturated heterocycles. The van der Waals surface area contributed by atoms with Crippen LogP contribution in [-0.2, 0) is 0 Å². The number of hydrogen-bond donors (Lipinski definition) is 2. The highest BCUT2D eigenvalue weighted by atomic mass is 15.3. The van der Waals surface area contributed by atoms with Crippen molar-refractivity contribution in [1.29, 1.82) is 0 Å². The molecule has 90 valence electrons. The van der Waals surface area contributed by atoms with Gasteiger partial charge in [-0.05, 0) is 18.9 Å². The van der Waals surface area contributed by atoms with E-state index in [-0.39, 0.29) is 0 Å². The number of pyridine rings is 1. The summed E-state index contributed by atoms with van der Waals surface area (Å²) in [5.41, 5.74) is 3.40. The summed E-state index contributed by atoms with van der Waals surface area (Å²) in [5, 5.41) is 4.63. The molecule has 4 heteroatoms. The zero-order valence-electron chi connectivity index (χ0n) is 10.5. The topological polar surface area (TPSA) is 44.0 Å². The molecule has 1 aliphatic heterocycles. The Hall–Kier alpha value is -1.71. The van der Waals surface area contributed by atoms with Crippen molar-refractivity contribution in [2.75, 3.05) is 16.9 Å². The molecule has 1 aliphatic rings. The summed E-state index contributed by atoms with van der Waals surface area (Å²) in [6.45, 7) is 7.68. The van der Waals surface area contributed by atoms with Gasteiger partial charge in [0.2, 0.25) is 0 Å². The van der Waals surface area contributed by atoms with Gasteiger partial charge in [-0.3, -0.25) is 0 Å². The molecule has 2 aromatic heterocycles. The molecule has 2 aromatic rings. The maximum atomic E-state index is 4.41. The molecule has 0 unspecified atom stereocenters. The van der Waals surface area contributed by atoms with Gasteiger partial charge in [-0.15, -0.1) is 0 Å². The zero-order chi connectivity index (χ0) is 12.0. The number of rotatable bonds is 2. The van der Waals surface area contributed by atoms with Gasteiger partial charge in [0, 0.05) is 17.6 Å². The number of H-pyrrole nitrogens is 1. The van der Waals surface area contributed by atoms with Crippen molar-refractivity contribution in [1.82, 2.24) is 9.97 Å². The second-order valence-corrected chi connectivity index (χ2v) is 5.05. The van der Waals surface area contributed by atoms with Gasteiger partial charge in [-0.1, -0.05) is 13.8 Å². The summed E-state index contributed by atoms with van der Waals surface area (Å²) >= 11 is 0. The van der Waals surface area contributed by atoms with E-state index in [2.05, 4.69) is 47.0 Å². The predicted molar refractivity (Wildman–Crippen MR) is 71.4 cm³/mol. The van der Waals surface area contributed by atoms with Crippen LogP contribution in [0.25, 0.3) is 11.0 Å². The summed E-state index contributed by atoms with van der Waals surface area (Å²) < 4.78 is 0. The fourth-order valence-corrected chi connectivity index (χ4v) is 2.39. The lowest BCUT2D eigenvalue weighted by molar-refractivity contribution is 0.498. The molecular formula is C13H18N4. The molecule has 0 spiro atoms. The van der Waals surface area contributed by atoms with Gasteiger partial charge in [-0.2, -0.15) is 0 Å². The van der Waals surface area contributed by atoms with Crippen LogP contribution < -0.4 is 10.2 Å². The third-order valence-electron chi connectivity index (χ3n) is 3.74. The summed E-state index contributed by atoms with van der Waals surface area (Å²) in [6, 6.07) is 2.62. The third kappa shape index (κ3) is 1.47. The molecule has 0 fully saturated rings. The Morgan fingerprint density at radius 1 is 1.35 bits per heavy atom. The van der Waals surface area contributed by atoms with Crippen molar-refractivity contribution >= 4 is 22.4 Å². The predicted octanol–water partition coefficient (Wildman–Crippen LogP) is 2.80. The Morgan fingerprint density at radius 2 is 2.18 bits per heavy atom. The van der Waals surface area contributed by atoms with E-state index < -0.39 is 0 Å². The largest absolute Gasteiger partial charge is 0.365 e. The number of anilines is 2. The maximum absolute atomic E-state index is 4.41. The molecule has 2 N–H and O–H groups in total. The molecule has 0 aromatic carbocycles. The van der Waals surface area contributed by atoms with E-state index in [4.69, 9.17) is 0 Å². The quantitative estimate of drug-likeness (QED) is 0.833. The molecule has 1 atom stereocenters. The summed E-state index contributed by atoms with van der Waals surface area (Å²) in [5.74, 6) is 0.630. The minimum atomic E-state index is 0.518. The first-order chi connectivity index (χ1) is 8.18. The summed E-state index contributed by atoms with van der Waals surface area (Å²) in [6.07, 6.45) is 3.87. The normalized spacial score (nSPS) is 16.4. The first kappa shape index (κ1) is 10.4.